The summed E-state index contributed by atoms with van der Waals surface area (Å²) in [4.78, 5) is 23.4. The maximum atomic E-state index is 15.3. The van der Waals surface area contributed by atoms with Gasteiger partial charge in [-0.05, 0) is 93.2 Å². The lowest BCUT2D eigenvalue weighted by Gasteiger charge is -2.45. The van der Waals surface area contributed by atoms with Crippen molar-refractivity contribution in [2.75, 3.05) is 72.9 Å². The summed E-state index contributed by atoms with van der Waals surface area (Å²) in [5.74, 6) is 2.83. The van der Waals surface area contributed by atoms with Crippen molar-refractivity contribution in [2.24, 2.45) is 24.8 Å². The maximum absolute atomic E-state index is 15.3. The van der Waals surface area contributed by atoms with Crippen LogP contribution in [0.2, 0.25) is 0 Å². The Hall–Kier alpha value is -5.69. The van der Waals surface area contributed by atoms with Gasteiger partial charge in [0.05, 0.1) is 29.3 Å². The molecule has 3 saturated heterocycles. The molecule has 0 amide bonds. The first-order valence-electron chi connectivity index (χ1n) is 21.9. The lowest BCUT2D eigenvalue weighted by molar-refractivity contribution is 0.132. The first kappa shape index (κ1) is 42.0. The Kier molecular flexibility index (Phi) is 12.0. The molecule has 3 fully saturated rings. The van der Waals surface area contributed by atoms with Gasteiger partial charge in [-0.3, -0.25) is 9.58 Å². The lowest BCUT2D eigenvalue weighted by Crippen LogP contribution is -2.52. The minimum atomic E-state index is -0.506. The van der Waals surface area contributed by atoms with E-state index in [1.165, 1.54) is 17.3 Å². The second kappa shape index (κ2) is 17.4. The molecule has 0 bridgehead atoms. The van der Waals surface area contributed by atoms with Crippen molar-refractivity contribution in [3.63, 3.8) is 0 Å². The summed E-state index contributed by atoms with van der Waals surface area (Å²) < 4.78 is 17.3. The van der Waals surface area contributed by atoms with Crippen LogP contribution < -0.4 is 30.7 Å². The third-order valence-corrected chi connectivity index (χ3v) is 13.3. The zero-order valence-corrected chi connectivity index (χ0v) is 36.9. The lowest BCUT2D eigenvalue weighted by atomic mass is 9.78. The minimum absolute atomic E-state index is 0.140. The molecule has 4 aromatic rings. The van der Waals surface area contributed by atoms with E-state index in [0.717, 1.165) is 122 Å². The second-order valence-corrected chi connectivity index (χ2v) is 17.9. The van der Waals surface area contributed by atoms with Crippen molar-refractivity contribution < 1.29 is 4.39 Å². The number of aromatic nitrogens is 5. The zero-order valence-electron chi connectivity index (χ0n) is 36.9. The molecule has 7 heterocycles. The van der Waals surface area contributed by atoms with E-state index in [1.807, 2.05) is 24.8 Å². The zero-order chi connectivity index (χ0) is 43.1. The third-order valence-electron chi connectivity index (χ3n) is 13.3. The molecule has 61 heavy (non-hydrogen) atoms. The van der Waals surface area contributed by atoms with Gasteiger partial charge in [0.15, 0.2) is 11.6 Å². The van der Waals surface area contributed by atoms with Gasteiger partial charge in [-0.25, -0.2) is 14.4 Å². The predicted molar refractivity (Wildman–Crippen MR) is 248 cm³/mol. The number of piperidine rings is 2. The highest BCUT2D eigenvalue weighted by atomic mass is 19.1. The van der Waals surface area contributed by atoms with Crippen LogP contribution in [0.5, 0.6) is 0 Å². The first-order chi connectivity index (χ1) is 29.3. The number of benzene rings is 1. The Morgan fingerprint density at radius 1 is 1.00 bits per heavy atom. The number of halogens is 1. The summed E-state index contributed by atoms with van der Waals surface area (Å²) in [5, 5.41) is 15.9. The van der Waals surface area contributed by atoms with Gasteiger partial charge in [-0.2, -0.15) is 10.1 Å². The van der Waals surface area contributed by atoms with Crippen LogP contribution in [0.3, 0.4) is 0 Å². The topological polar surface area (TPSA) is 106 Å². The largest absolute Gasteiger partial charge is 0.392 e. The Balaban J connectivity index is 0.881. The molecular formula is C48H63FN12. The van der Waals surface area contributed by atoms with Gasteiger partial charge >= 0.3 is 0 Å². The van der Waals surface area contributed by atoms with Crippen LogP contribution in [-0.4, -0.2) is 88.5 Å². The molecular weight excluding hydrogens is 764 g/mol. The Bertz CT molecular complexity index is 2360. The van der Waals surface area contributed by atoms with Crippen molar-refractivity contribution in [1.29, 1.82) is 0 Å². The second-order valence-electron chi connectivity index (χ2n) is 17.9. The van der Waals surface area contributed by atoms with Crippen LogP contribution in [0.15, 0.2) is 91.3 Å². The van der Waals surface area contributed by atoms with E-state index in [-0.39, 0.29) is 17.8 Å². The van der Waals surface area contributed by atoms with Gasteiger partial charge in [0, 0.05) is 111 Å². The number of pyridine rings is 1. The van der Waals surface area contributed by atoms with E-state index in [9.17, 15) is 0 Å². The Labute approximate surface area is 361 Å². The summed E-state index contributed by atoms with van der Waals surface area (Å²) in [6.07, 6.45) is 8.64. The molecule has 0 saturated carbocycles. The predicted octanol–water partition coefficient (Wildman–Crippen LogP) is 8.30. The average molecular weight is 827 g/mol. The van der Waals surface area contributed by atoms with Crippen LogP contribution in [0.1, 0.15) is 70.6 Å². The molecule has 4 aliphatic heterocycles. The van der Waals surface area contributed by atoms with E-state index >= 15 is 4.39 Å². The first-order valence-corrected chi connectivity index (χ1v) is 21.9. The van der Waals surface area contributed by atoms with E-state index in [2.05, 4.69) is 119 Å². The highest BCUT2D eigenvalue weighted by molar-refractivity contribution is 5.86. The Morgan fingerprint density at radius 2 is 1.75 bits per heavy atom. The molecule has 1 aromatic carbocycles. The fourth-order valence-corrected chi connectivity index (χ4v) is 9.82. The monoisotopic (exact) mass is 827 g/mol. The fraction of sp³-hybridized carbons (Fsp3) is 0.458. The smallest absolute Gasteiger partial charge is 0.227 e. The number of nitrogens with zero attached hydrogens (tertiary/aromatic N) is 9. The van der Waals surface area contributed by atoms with Crippen LogP contribution in [0.25, 0.3) is 17.0 Å². The molecule has 3 unspecified atom stereocenters. The molecule has 0 spiro atoms. The molecule has 8 rings (SSSR count). The molecule has 12 nitrogen and oxygen atoms in total. The van der Waals surface area contributed by atoms with Gasteiger partial charge in [-0.1, -0.05) is 40.2 Å². The highest BCUT2D eigenvalue weighted by Crippen LogP contribution is 2.40. The molecule has 3 atom stereocenters. The molecule has 0 radical (unpaired) electrons. The summed E-state index contributed by atoms with van der Waals surface area (Å²) in [7, 11) is 3.94. The standard InChI is InChI=1S/C48H63FN12/c1-29(2)61-35(8)36(13-11-32(5)50-9)21-37-22-38(24-51-47(37)61)54-46-43(49)25-52-48(55-46)59-19-17-58(18-20-59)28-42-30(3)26-60(27-31(42)4)39-14-16-41-44(23-39)57(10)56-45(41)40-15-12-33(6)53-34(40)7/h14,16,21-25,29-31,40,42,50,53H,5-8,11-13,15,17-20,26-28H2,1-4,9-10H3,(H,52,54,55). The SMILES string of the molecule is C=C(CCC1=Cc2cc(Nc3nc(N4CCN(CC5C(C)CN(c6ccc7c(C8CCC(=C)NC8=C)nn(C)c7c6)CC5C)CC4)ncc3F)cnc2N(C(C)C)C1=C)NC. The molecule has 3 N–H and O–H groups in total. The van der Waals surface area contributed by atoms with Crippen molar-refractivity contribution in [3.8, 4) is 0 Å². The summed E-state index contributed by atoms with van der Waals surface area (Å²) in [6, 6.07) is 9.03. The Morgan fingerprint density at radius 3 is 2.46 bits per heavy atom. The van der Waals surface area contributed by atoms with Gasteiger partial charge in [0.25, 0.3) is 0 Å². The normalized spacial score (nSPS) is 22.4. The number of piperazine rings is 1. The quantitative estimate of drug-likeness (QED) is 0.129. The number of aryl methyl sites for hydroxylation is 1. The average Bonchev–Trinajstić information content (AvgIpc) is 3.56. The van der Waals surface area contributed by atoms with Crippen LogP contribution in [0.4, 0.5) is 33.3 Å². The fourth-order valence-electron chi connectivity index (χ4n) is 9.82. The van der Waals surface area contributed by atoms with Crippen molar-refractivity contribution >= 4 is 45.9 Å². The number of hydrogen-bond donors (Lipinski definition) is 3. The van der Waals surface area contributed by atoms with E-state index in [1.54, 1.807) is 6.20 Å². The van der Waals surface area contributed by atoms with E-state index in [4.69, 9.17) is 15.1 Å². The molecule has 322 valence electrons. The molecule has 0 aliphatic carbocycles. The number of rotatable bonds is 12. The number of nitrogens with one attached hydrogen (secondary N) is 3. The third kappa shape index (κ3) is 8.62. The van der Waals surface area contributed by atoms with Crippen molar-refractivity contribution in [2.45, 2.75) is 65.3 Å². The molecule has 3 aromatic heterocycles. The molecule has 4 aliphatic rings. The number of anilines is 5. The summed E-state index contributed by atoms with van der Waals surface area (Å²) in [5.41, 5.74) is 10.2. The van der Waals surface area contributed by atoms with Gasteiger partial charge in [-0.15, -0.1) is 0 Å². The van der Waals surface area contributed by atoms with Crippen LogP contribution >= 0.6 is 0 Å². The number of fused-ring (bicyclic) bond motifs is 2. The number of allylic oxidation sites excluding steroid dienone is 4. The van der Waals surface area contributed by atoms with E-state index in [0.29, 0.717) is 29.4 Å². The van der Waals surface area contributed by atoms with Crippen molar-refractivity contribution in [1.82, 2.24) is 40.3 Å². The van der Waals surface area contributed by atoms with Gasteiger partial charge in [0.2, 0.25) is 5.95 Å². The van der Waals surface area contributed by atoms with Crippen LogP contribution in [-0.2, 0) is 7.05 Å². The highest BCUT2D eigenvalue weighted by Gasteiger charge is 2.35. The summed E-state index contributed by atoms with van der Waals surface area (Å²) >= 11 is 0. The van der Waals surface area contributed by atoms with E-state index < -0.39 is 5.82 Å². The number of hydrogen-bond acceptors (Lipinski definition) is 11. The molecule has 13 heteroatoms. The maximum Gasteiger partial charge on any atom is 0.227 e. The van der Waals surface area contributed by atoms with Gasteiger partial charge < -0.3 is 30.7 Å². The van der Waals surface area contributed by atoms with Crippen molar-refractivity contribution in [3.05, 3.63) is 108 Å². The minimum Gasteiger partial charge on any atom is -0.392 e. The van der Waals surface area contributed by atoms with Gasteiger partial charge in [0.1, 0.15) is 5.82 Å². The summed E-state index contributed by atoms with van der Waals surface area (Å²) in [6.45, 7) is 32.4. The van der Waals surface area contributed by atoms with Crippen LogP contribution in [0, 0.1) is 23.6 Å².